The van der Waals surface area contributed by atoms with E-state index < -0.39 is 0 Å². The van der Waals surface area contributed by atoms with Crippen molar-refractivity contribution in [3.63, 3.8) is 0 Å². The predicted molar refractivity (Wildman–Crippen MR) is 75.0 cm³/mol. The first kappa shape index (κ1) is 13.0. The zero-order valence-corrected chi connectivity index (χ0v) is 11.5. The van der Waals surface area contributed by atoms with Crippen LogP contribution in [-0.2, 0) is 0 Å². The Bertz CT molecular complexity index is 408. The summed E-state index contributed by atoms with van der Waals surface area (Å²) in [5.74, 6) is 3.03. The molecular formula is C14H23N3O. The van der Waals surface area contributed by atoms with Gasteiger partial charge in [0, 0.05) is 13.1 Å². The molecule has 1 aromatic heterocycles. The highest BCUT2D eigenvalue weighted by Gasteiger charge is 2.23. The van der Waals surface area contributed by atoms with Crippen LogP contribution in [0.3, 0.4) is 0 Å². The summed E-state index contributed by atoms with van der Waals surface area (Å²) in [7, 11) is 0. The molecule has 4 heteroatoms. The highest BCUT2D eigenvalue weighted by atomic mass is 16.5. The van der Waals surface area contributed by atoms with Crippen LogP contribution in [0.15, 0.2) is 12.1 Å². The minimum Gasteiger partial charge on any atom is -0.476 e. The monoisotopic (exact) mass is 249 g/mol. The molecule has 0 amide bonds. The maximum absolute atomic E-state index is 5.85. The Kier molecular flexibility index (Phi) is 3.94. The molecule has 0 saturated carbocycles. The second-order valence-corrected chi connectivity index (χ2v) is 5.19. The van der Waals surface area contributed by atoms with Crippen molar-refractivity contribution in [1.29, 1.82) is 0 Å². The Morgan fingerprint density at radius 3 is 2.83 bits per heavy atom. The Balaban J connectivity index is 2.15. The number of ether oxygens (including phenoxy) is 1. The van der Waals surface area contributed by atoms with E-state index in [-0.39, 0.29) is 0 Å². The Hall–Kier alpha value is -1.45. The molecule has 2 heterocycles. The number of hydrogen-bond acceptors (Lipinski definition) is 4. The third-order valence-electron chi connectivity index (χ3n) is 3.81. The Labute approximate surface area is 109 Å². The zero-order valence-electron chi connectivity index (χ0n) is 11.5. The molecule has 2 N–H and O–H groups in total. The van der Waals surface area contributed by atoms with Crippen LogP contribution < -0.4 is 15.4 Å². The van der Waals surface area contributed by atoms with Gasteiger partial charge in [0.05, 0.1) is 12.3 Å². The van der Waals surface area contributed by atoms with E-state index in [0.29, 0.717) is 24.1 Å². The van der Waals surface area contributed by atoms with Gasteiger partial charge in [-0.25, -0.2) is 0 Å². The van der Waals surface area contributed by atoms with Crippen LogP contribution in [0.1, 0.15) is 27.2 Å². The van der Waals surface area contributed by atoms with Gasteiger partial charge in [-0.15, -0.1) is 0 Å². The van der Waals surface area contributed by atoms with E-state index in [1.54, 1.807) is 0 Å². The molecule has 0 bridgehead atoms. The van der Waals surface area contributed by atoms with Crippen molar-refractivity contribution in [2.75, 3.05) is 30.3 Å². The lowest BCUT2D eigenvalue weighted by atomic mass is 9.89. The van der Waals surface area contributed by atoms with Crippen molar-refractivity contribution >= 4 is 11.5 Å². The average Bonchev–Trinajstić information content (AvgIpc) is 2.36. The third-order valence-corrected chi connectivity index (χ3v) is 3.81. The fourth-order valence-electron chi connectivity index (χ4n) is 2.34. The molecule has 2 atom stereocenters. The lowest BCUT2D eigenvalue weighted by Crippen LogP contribution is -2.38. The Morgan fingerprint density at radius 1 is 1.39 bits per heavy atom. The van der Waals surface area contributed by atoms with Gasteiger partial charge in [0.15, 0.2) is 0 Å². The zero-order chi connectivity index (χ0) is 13.1. The van der Waals surface area contributed by atoms with Gasteiger partial charge in [-0.3, -0.25) is 0 Å². The first-order valence-corrected chi connectivity index (χ1v) is 6.76. The molecule has 100 valence electrons. The standard InChI is InChI=1S/C14H23N3O/c1-4-18-14-12(15)5-6-13(16-14)17-8-7-10(2)11(3)9-17/h5-6,10-11H,4,7-9,15H2,1-3H3. The normalized spacial score (nSPS) is 24.1. The maximum Gasteiger partial charge on any atom is 0.239 e. The van der Waals surface area contributed by atoms with E-state index in [9.17, 15) is 0 Å². The summed E-state index contributed by atoms with van der Waals surface area (Å²) in [6.07, 6.45) is 1.22. The van der Waals surface area contributed by atoms with Gasteiger partial charge >= 0.3 is 0 Å². The molecule has 0 aliphatic carbocycles. The van der Waals surface area contributed by atoms with Crippen LogP contribution in [0.2, 0.25) is 0 Å². The summed E-state index contributed by atoms with van der Waals surface area (Å²) in [6.45, 7) is 9.28. The van der Waals surface area contributed by atoms with Crippen molar-refractivity contribution in [3.8, 4) is 5.88 Å². The van der Waals surface area contributed by atoms with E-state index in [0.717, 1.165) is 24.8 Å². The SMILES string of the molecule is CCOc1nc(N2CCC(C)C(C)C2)ccc1N. The van der Waals surface area contributed by atoms with Gasteiger partial charge in [0.25, 0.3) is 0 Å². The fourth-order valence-corrected chi connectivity index (χ4v) is 2.34. The number of anilines is 2. The van der Waals surface area contributed by atoms with Crippen molar-refractivity contribution in [2.24, 2.45) is 11.8 Å². The molecule has 4 nitrogen and oxygen atoms in total. The highest BCUT2D eigenvalue weighted by Crippen LogP contribution is 2.28. The van der Waals surface area contributed by atoms with Crippen LogP contribution in [0.4, 0.5) is 11.5 Å². The molecule has 2 unspecified atom stereocenters. The molecule has 0 radical (unpaired) electrons. The van der Waals surface area contributed by atoms with Gasteiger partial charge in [-0.1, -0.05) is 13.8 Å². The van der Waals surface area contributed by atoms with Gasteiger partial charge in [-0.05, 0) is 37.3 Å². The summed E-state index contributed by atoms with van der Waals surface area (Å²) in [5.41, 5.74) is 6.46. The smallest absolute Gasteiger partial charge is 0.239 e. The summed E-state index contributed by atoms with van der Waals surface area (Å²) in [4.78, 5) is 6.85. The summed E-state index contributed by atoms with van der Waals surface area (Å²) >= 11 is 0. The van der Waals surface area contributed by atoms with Crippen LogP contribution >= 0.6 is 0 Å². The largest absolute Gasteiger partial charge is 0.476 e. The number of nitrogen functional groups attached to an aromatic ring is 1. The van der Waals surface area contributed by atoms with Gasteiger partial charge in [0.2, 0.25) is 5.88 Å². The second-order valence-electron chi connectivity index (χ2n) is 5.19. The highest BCUT2D eigenvalue weighted by molar-refractivity contribution is 5.54. The third kappa shape index (κ3) is 2.68. The fraction of sp³-hybridized carbons (Fsp3) is 0.643. The number of hydrogen-bond donors (Lipinski definition) is 1. The van der Waals surface area contributed by atoms with Crippen molar-refractivity contribution in [2.45, 2.75) is 27.2 Å². The predicted octanol–water partition coefficient (Wildman–Crippen LogP) is 2.54. The molecular weight excluding hydrogens is 226 g/mol. The van der Waals surface area contributed by atoms with Crippen molar-refractivity contribution in [1.82, 2.24) is 4.98 Å². The molecule has 1 saturated heterocycles. The molecule has 1 aliphatic heterocycles. The molecule has 18 heavy (non-hydrogen) atoms. The lowest BCUT2D eigenvalue weighted by Gasteiger charge is -2.36. The number of nitrogens with two attached hydrogens (primary N) is 1. The summed E-state index contributed by atoms with van der Waals surface area (Å²) in [6, 6.07) is 3.87. The van der Waals surface area contributed by atoms with E-state index >= 15 is 0 Å². The first-order chi connectivity index (χ1) is 8.61. The van der Waals surface area contributed by atoms with Crippen molar-refractivity contribution in [3.05, 3.63) is 12.1 Å². The molecule has 1 fully saturated rings. The Morgan fingerprint density at radius 2 is 2.17 bits per heavy atom. The van der Waals surface area contributed by atoms with E-state index in [1.165, 1.54) is 6.42 Å². The number of pyridine rings is 1. The van der Waals surface area contributed by atoms with E-state index in [1.807, 2.05) is 19.1 Å². The number of rotatable bonds is 3. The van der Waals surface area contributed by atoms with Gasteiger partial charge in [-0.2, -0.15) is 4.98 Å². The summed E-state index contributed by atoms with van der Waals surface area (Å²) < 4.78 is 5.45. The van der Waals surface area contributed by atoms with E-state index in [2.05, 4.69) is 23.7 Å². The molecule has 1 aromatic rings. The maximum atomic E-state index is 5.85. The number of nitrogens with zero attached hydrogens (tertiary/aromatic N) is 2. The minimum atomic E-state index is 0.557. The quantitative estimate of drug-likeness (QED) is 0.894. The van der Waals surface area contributed by atoms with Crippen LogP contribution in [0.25, 0.3) is 0 Å². The average molecular weight is 249 g/mol. The van der Waals surface area contributed by atoms with Crippen LogP contribution in [0.5, 0.6) is 5.88 Å². The molecule has 2 rings (SSSR count). The van der Waals surface area contributed by atoms with E-state index in [4.69, 9.17) is 10.5 Å². The first-order valence-electron chi connectivity index (χ1n) is 6.76. The van der Waals surface area contributed by atoms with Crippen LogP contribution in [-0.4, -0.2) is 24.7 Å². The topological polar surface area (TPSA) is 51.4 Å². The van der Waals surface area contributed by atoms with Crippen LogP contribution in [0, 0.1) is 11.8 Å². The molecule has 0 spiro atoms. The second kappa shape index (κ2) is 5.46. The molecule has 0 aromatic carbocycles. The number of piperidine rings is 1. The number of aromatic nitrogens is 1. The van der Waals surface area contributed by atoms with Crippen molar-refractivity contribution < 1.29 is 4.74 Å². The minimum absolute atomic E-state index is 0.557. The lowest BCUT2D eigenvalue weighted by molar-refractivity contribution is 0.317. The van der Waals surface area contributed by atoms with Gasteiger partial charge in [0.1, 0.15) is 5.82 Å². The molecule has 1 aliphatic rings. The van der Waals surface area contributed by atoms with Gasteiger partial charge < -0.3 is 15.4 Å². The summed E-state index contributed by atoms with van der Waals surface area (Å²) in [5, 5.41) is 0.